The molecule has 2 aromatic carbocycles. The van der Waals surface area contributed by atoms with Gasteiger partial charge < -0.3 is 15.4 Å². The van der Waals surface area contributed by atoms with Crippen molar-refractivity contribution >= 4 is 34.4 Å². The van der Waals surface area contributed by atoms with Gasteiger partial charge in [0.2, 0.25) is 5.91 Å². The number of carbonyl (C=O) groups is 2. The number of ether oxygens (including phenoxy) is 1. The molecule has 2 aromatic rings. The van der Waals surface area contributed by atoms with Gasteiger partial charge >= 0.3 is 5.97 Å². The smallest absolute Gasteiger partial charge is 0.332 e. The van der Waals surface area contributed by atoms with E-state index in [0.717, 1.165) is 36.9 Å². The van der Waals surface area contributed by atoms with Crippen LogP contribution in [-0.4, -0.2) is 30.6 Å². The molecule has 0 saturated heterocycles. The number of carbonyl (C=O) groups excluding carboxylic acids is 2. The van der Waals surface area contributed by atoms with E-state index in [9.17, 15) is 9.59 Å². The van der Waals surface area contributed by atoms with Crippen LogP contribution in [0.15, 0.2) is 36.4 Å². The van der Waals surface area contributed by atoms with Crippen molar-refractivity contribution in [2.75, 3.05) is 11.9 Å². The Balaban J connectivity index is 1.45. The molecule has 31 heavy (non-hydrogen) atoms. The van der Waals surface area contributed by atoms with Gasteiger partial charge in [0.15, 0.2) is 0 Å². The molecule has 4 rings (SSSR count). The number of benzene rings is 2. The van der Waals surface area contributed by atoms with Crippen molar-refractivity contribution in [3.63, 3.8) is 0 Å². The third kappa shape index (κ3) is 5.09. The normalized spacial score (nSPS) is 18.3. The largest absolute Gasteiger partial charge is 0.464 e. The van der Waals surface area contributed by atoms with Crippen LogP contribution >= 0.6 is 0 Å². The molecule has 0 aromatic heterocycles. The van der Waals surface area contributed by atoms with E-state index in [-0.39, 0.29) is 11.9 Å². The summed E-state index contributed by atoms with van der Waals surface area (Å²) in [6, 6.07) is 10.4. The molecular weight excluding hydrogens is 388 g/mol. The van der Waals surface area contributed by atoms with Crippen LogP contribution in [0.3, 0.4) is 0 Å². The van der Waals surface area contributed by atoms with Gasteiger partial charge in [-0.15, -0.1) is 0 Å². The Morgan fingerprint density at radius 1 is 1.13 bits per heavy atom. The molecule has 5 heteroatoms. The average molecular weight is 421 g/mol. The molecule has 2 N–H and O–H groups in total. The van der Waals surface area contributed by atoms with Crippen molar-refractivity contribution in [2.24, 2.45) is 0 Å². The first kappa shape index (κ1) is 21.4. The Kier molecular flexibility index (Phi) is 6.90. The number of esters is 1. The predicted octanol–water partition coefficient (Wildman–Crippen LogP) is 4.98. The minimum Gasteiger partial charge on any atom is -0.464 e. The summed E-state index contributed by atoms with van der Waals surface area (Å²) in [5.74, 6) is -0.0882. The molecule has 1 unspecified atom stereocenters. The Morgan fingerprint density at radius 2 is 1.97 bits per heavy atom. The number of hydrogen-bond donors (Lipinski definition) is 2. The van der Waals surface area contributed by atoms with Crippen molar-refractivity contribution in [2.45, 2.75) is 70.4 Å². The van der Waals surface area contributed by atoms with Crippen LogP contribution in [0.2, 0.25) is 0 Å². The average Bonchev–Trinajstić information content (AvgIpc) is 2.79. The van der Waals surface area contributed by atoms with Crippen molar-refractivity contribution in [1.29, 1.82) is 0 Å². The summed E-state index contributed by atoms with van der Waals surface area (Å²) in [6.07, 6.45) is 12.1. The fraction of sp³-hybridized carbons (Fsp3) is 0.462. The molecule has 1 heterocycles. The summed E-state index contributed by atoms with van der Waals surface area (Å²) in [4.78, 5) is 24.5. The van der Waals surface area contributed by atoms with Gasteiger partial charge in [0.1, 0.15) is 6.04 Å². The highest BCUT2D eigenvalue weighted by atomic mass is 16.5. The lowest BCUT2D eigenvalue weighted by Gasteiger charge is -2.23. The molecule has 0 radical (unpaired) electrons. The van der Waals surface area contributed by atoms with Crippen LogP contribution in [0.25, 0.3) is 16.8 Å². The molecule has 5 nitrogen and oxygen atoms in total. The van der Waals surface area contributed by atoms with Crippen molar-refractivity contribution in [3.05, 3.63) is 47.5 Å². The summed E-state index contributed by atoms with van der Waals surface area (Å²) in [6.45, 7) is 2.18. The lowest BCUT2D eigenvalue weighted by molar-refractivity contribution is -0.142. The molecule has 1 aliphatic carbocycles. The third-order valence-electron chi connectivity index (χ3n) is 6.30. The molecule has 2 aliphatic rings. The second-order valence-corrected chi connectivity index (χ2v) is 8.53. The van der Waals surface area contributed by atoms with Gasteiger partial charge in [0.25, 0.3) is 0 Å². The molecule has 1 aliphatic heterocycles. The van der Waals surface area contributed by atoms with Crippen LogP contribution in [0.1, 0.15) is 63.0 Å². The Hall–Kier alpha value is -2.82. The molecule has 164 valence electrons. The van der Waals surface area contributed by atoms with Crippen LogP contribution in [-0.2, 0) is 20.7 Å². The first-order chi connectivity index (χ1) is 15.2. The van der Waals surface area contributed by atoms with E-state index in [1.807, 2.05) is 25.1 Å². The molecule has 0 spiro atoms. The number of fused-ring (bicyclic) bond motifs is 3. The Labute approximate surface area is 184 Å². The highest BCUT2D eigenvalue weighted by Gasteiger charge is 2.22. The van der Waals surface area contributed by atoms with Crippen LogP contribution in [0.4, 0.5) is 5.69 Å². The minimum atomic E-state index is -0.458. The lowest BCUT2D eigenvalue weighted by Crippen LogP contribution is -2.36. The van der Waals surface area contributed by atoms with Crippen molar-refractivity contribution < 1.29 is 14.3 Å². The molecular formula is C26H32N2O3. The minimum absolute atomic E-state index is 0.174. The monoisotopic (exact) mass is 420 g/mol. The van der Waals surface area contributed by atoms with Crippen molar-refractivity contribution in [3.8, 4) is 0 Å². The van der Waals surface area contributed by atoms with Crippen LogP contribution < -0.4 is 10.6 Å². The summed E-state index contributed by atoms with van der Waals surface area (Å²) < 4.78 is 5.15. The maximum atomic E-state index is 12.4. The van der Waals surface area contributed by atoms with Gasteiger partial charge in [-0.3, -0.25) is 4.79 Å². The zero-order valence-corrected chi connectivity index (χ0v) is 18.3. The van der Waals surface area contributed by atoms with Crippen LogP contribution in [0.5, 0.6) is 0 Å². The van der Waals surface area contributed by atoms with Crippen LogP contribution in [0, 0.1) is 0 Å². The first-order valence-corrected chi connectivity index (χ1v) is 11.6. The van der Waals surface area contributed by atoms with E-state index >= 15 is 0 Å². The number of anilines is 1. The van der Waals surface area contributed by atoms with Gasteiger partial charge in [0.05, 0.1) is 6.61 Å². The van der Waals surface area contributed by atoms with E-state index < -0.39 is 6.04 Å². The summed E-state index contributed by atoms with van der Waals surface area (Å²) in [7, 11) is 0. The van der Waals surface area contributed by atoms with Crippen molar-refractivity contribution in [1.82, 2.24) is 5.32 Å². The second kappa shape index (κ2) is 9.99. The van der Waals surface area contributed by atoms with E-state index in [2.05, 4.69) is 34.9 Å². The standard InChI is InChI=1S/C26H32N2O3/c1-2-31-26(30)23-17-15-21-22(28-23)16-14-19-9-6-8-18(25(19)21)10-7-13-24(29)27-20-11-4-3-5-12-20/h6,8-9,14-17,20,23,28H,2-5,7,10-13H2,1H3,(H,27,29). The maximum Gasteiger partial charge on any atom is 0.332 e. The van der Waals surface area contributed by atoms with Gasteiger partial charge in [-0.1, -0.05) is 55.7 Å². The third-order valence-corrected chi connectivity index (χ3v) is 6.30. The summed E-state index contributed by atoms with van der Waals surface area (Å²) >= 11 is 0. The lowest BCUT2D eigenvalue weighted by atomic mass is 9.92. The highest BCUT2D eigenvalue weighted by Crippen LogP contribution is 2.34. The highest BCUT2D eigenvalue weighted by molar-refractivity contribution is 6.01. The zero-order valence-electron chi connectivity index (χ0n) is 18.3. The van der Waals surface area contributed by atoms with E-state index in [1.165, 1.54) is 35.6 Å². The Morgan fingerprint density at radius 3 is 2.77 bits per heavy atom. The number of hydrogen-bond acceptors (Lipinski definition) is 4. The van der Waals surface area contributed by atoms with E-state index in [4.69, 9.17) is 4.74 Å². The SMILES string of the molecule is CCOC(=O)C1C=Cc2c(ccc3cccc(CCCC(=O)NC4CCCCC4)c23)N1. The van der Waals surface area contributed by atoms with E-state index in [0.29, 0.717) is 19.1 Å². The van der Waals surface area contributed by atoms with Gasteiger partial charge in [-0.2, -0.15) is 0 Å². The van der Waals surface area contributed by atoms with Gasteiger partial charge in [0, 0.05) is 23.7 Å². The molecule has 1 saturated carbocycles. The number of amides is 1. The summed E-state index contributed by atoms with van der Waals surface area (Å²) in [5.41, 5.74) is 3.27. The number of rotatable bonds is 7. The first-order valence-electron chi connectivity index (χ1n) is 11.6. The fourth-order valence-corrected chi connectivity index (χ4v) is 4.76. The maximum absolute atomic E-state index is 12.4. The molecule has 0 bridgehead atoms. The quantitative estimate of drug-likeness (QED) is 0.620. The fourth-order valence-electron chi connectivity index (χ4n) is 4.76. The topological polar surface area (TPSA) is 67.4 Å². The Bertz CT molecular complexity index is 976. The second-order valence-electron chi connectivity index (χ2n) is 8.53. The number of nitrogens with one attached hydrogen (secondary N) is 2. The van der Waals surface area contributed by atoms with Gasteiger partial charge in [-0.25, -0.2) is 4.79 Å². The number of aryl methyl sites for hydroxylation is 1. The molecule has 1 amide bonds. The molecule has 1 atom stereocenters. The molecule has 1 fully saturated rings. The zero-order chi connectivity index (χ0) is 21.6. The summed E-state index contributed by atoms with van der Waals surface area (Å²) in [5, 5.41) is 8.87. The van der Waals surface area contributed by atoms with E-state index in [1.54, 1.807) is 0 Å². The van der Waals surface area contributed by atoms with Gasteiger partial charge in [-0.05, 0) is 55.0 Å². The predicted molar refractivity (Wildman–Crippen MR) is 125 cm³/mol.